The fraction of sp³-hybridized carbons (Fsp3) is 0.267. The molecular formula is C15H18N4O3. The molecule has 0 radical (unpaired) electrons. The fourth-order valence-electron chi connectivity index (χ4n) is 1.80. The van der Waals surface area contributed by atoms with E-state index in [1.165, 1.54) is 6.21 Å². The molecule has 0 fully saturated rings. The van der Waals surface area contributed by atoms with Crippen molar-refractivity contribution in [3.63, 3.8) is 0 Å². The lowest BCUT2D eigenvalue weighted by molar-refractivity contribution is 0.0950. The molecule has 2 aromatic rings. The van der Waals surface area contributed by atoms with Crippen LogP contribution >= 0.6 is 0 Å². The maximum atomic E-state index is 11.8. The van der Waals surface area contributed by atoms with Gasteiger partial charge in [0.1, 0.15) is 0 Å². The molecule has 22 heavy (non-hydrogen) atoms. The van der Waals surface area contributed by atoms with E-state index in [0.29, 0.717) is 23.8 Å². The maximum Gasteiger partial charge on any atom is 0.291 e. The fourth-order valence-corrected chi connectivity index (χ4v) is 1.80. The third-order valence-electron chi connectivity index (χ3n) is 2.81. The van der Waals surface area contributed by atoms with Gasteiger partial charge >= 0.3 is 0 Å². The number of ether oxygens (including phenoxy) is 2. The molecule has 116 valence electrons. The number of carbonyl (C=O) groups is 1. The lowest BCUT2D eigenvalue weighted by Crippen LogP contribution is -2.18. The molecule has 2 N–H and O–H groups in total. The van der Waals surface area contributed by atoms with Crippen molar-refractivity contribution in [3.8, 4) is 11.5 Å². The van der Waals surface area contributed by atoms with Gasteiger partial charge in [0.15, 0.2) is 17.2 Å². The van der Waals surface area contributed by atoms with Gasteiger partial charge in [-0.1, -0.05) is 0 Å². The zero-order chi connectivity index (χ0) is 15.9. The van der Waals surface area contributed by atoms with E-state index in [1.54, 1.807) is 25.3 Å². The first-order chi connectivity index (χ1) is 10.6. The Kier molecular flexibility index (Phi) is 5.13. The quantitative estimate of drug-likeness (QED) is 0.630. The summed E-state index contributed by atoms with van der Waals surface area (Å²) < 4.78 is 10.7. The maximum absolute atomic E-state index is 11.8. The van der Waals surface area contributed by atoms with Crippen LogP contribution in [0, 0.1) is 6.92 Å². The molecule has 0 unspecified atom stereocenters. The van der Waals surface area contributed by atoms with Gasteiger partial charge in [0, 0.05) is 5.69 Å². The number of nitrogens with zero attached hydrogens (tertiary/aromatic N) is 2. The summed E-state index contributed by atoms with van der Waals surface area (Å²) in [6.45, 7) is 4.28. The summed E-state index contributed by atoms with van der Waals surface area (Å²) in [5, 5.41) is 10.5. The smallest absolute Gasteiger partial charge is 0.291 e. The average molecular weight is 302 g/mol. The first-order valence-corrected chi connectivity index (χ1v) is 6.80. The molecule has 0 saturated carbocycles. The molecule has 0 saturated heterocycles. The van der Waals surface area contributed by atoms with E-state index in [2.05, 4.69) is 20.7 Å². The number of aromatic amines is 1. The number of aromatic nitrogens is 2. The highest BCUT2D eigenvalue weighted by Gasteiger charge is 2.08. The number of hydrazone groups is 1. The normalized spacial score (nSPS) is 10.7. The van der Waals surface area contributed by atoms with E-state index < -0.39 is 0 Å². The molecule has 2 rings (SSSR count). The van der Waals surface area contributed by atoms with Crippen molar-refractivity contribution < 1.29 is 14.3 Å². The van der Waals surface area contributed by atoms with Crippen molar-refractivity contribution in [3.05, 3.63) is 41.2 Å². The predicted octanol–water partition coefficient (Wildman–Crippen LogP) is 1.89. The summed E-state index contributed by atoms with van der Waals surface area (Å²) >= 11 is 0. The van der Waals surface area contributed by atoms with Crippen molar-refractivity contribution in [1.82, 2.24) is 15.6 Å². The third-order valence-corrected chi connectivity index (χ3v) is 2.81. The number of amides is 1. The van der Waals surface area contributed by atoms with Gasteiger partial charge in [-0.15, -0.1) is 0 Å². The summed E-state index contributed by atoms with van der Waals surface area (Å²) in [6, 6.07) is 7.04. The zero-order valence-corrected chi connectivity index (χ0v) is 12.7. The summed E-state index contributed by atoms with van der Waals surface area (Å²) in [5.74, 6) is 0.900. The van der Waals surface area contributed by atoms with E-state index in [9.17, 15) is 4.79 Å². The summed E-state index contributed by atoms with van der Waals surface area (Å²) in [5.41, 5.74) is 4.29. The Labute approximate surface area is 128 Å². The number of aryl methyl sites for hydroxylation is 1. The van der Waals surface area contributed by atoms with Crippen molar-refractivity contribution in [2.75, 3.05) is 13.7 Å². The minimum absolute atomic E-state index is 0.291. The Balaban J connectivity index is 2.02. The molecule has 1 amide bonds. The van der Waals surface area contributed by atoms with E-state index in [0.717, 1.165) is 11.3 Å². The molecule has 0 bridgehead atoms. The van der Waals surface area contributed by atoms with Gasteiger partial charge in [0.2, 0.25) is 0 Å². The highest BCUT2D eigenvalue weighted by atomic mass is 16.5. The summed E-state index contributed by atoms with van der Waals surface area (Å²) in [7, 11) is 1.57. The van der Waals surface area contributed by atoms with Crippen molar-refractivity contribution in [1.29, 1.82) is 0 Å². The average Bonchev–Trinajstić information content (AvgIpc) is 2.95. The minimum atomic E-state index is -0.376. The largest absolute Gasteiger partial charge is 0.493 e. The lowest BCUT2D eigenvalue weighted by Gasteiger charge is -2.09. The van der Waals surface area contributed by atoms with E-state index >= 15 is 0 Å². The van der Waals surface area contributed by atoms with Crippen molar-refractivity contribution in [2.45, 2.75) is 13.8 Å². The number of H-pyrrole nitrogens is 1. The highest BCUT2D eigenvalue weighted by molar-refractivity contribution is 5.93. The molecule has 0 atom stereocenters. The van der Waals surface area contributed by atoms with E-state index in [4.69, 9.17) is 9.47 Å². The predicted molar refractivity (Wildman–Crippen MR) is 82.5 cm³/mol. The van der Waals surface area contributed by atoms with Crippen LogP contribution in [0.5, 0.6) is 11.5 Å². The van der Waals surface area contributed by atoms with Gasteiger partial charge in [-0.25, -0.2) is 5.43 Å². The van der Waals surface area contributed by atoms with Crippen LogP contribution in [0.25, 0.3) is 0 Å². The molecule has 0 aliphatic rings. The SMILES string of the molecule is CCOc1ccc(C=NNC(=O)c2cc(C)[nH]n2)cc1OC. The van der Waals surface area contributed by atoms with Gasteiger partial charge in [0.25, 0.3) is 5.91 Å². The number of hydrogen-bond donors (Lipinski definition) is 2. The summed E-state index contributed by atoms with van der Waals surface area (Å²) in [6.07, 6.45) is 1.52. The minimum Gasteiger partial charge on any atom is -0.493 e. The second kappa shape index (κ2) is 7.26. The van der Waals surface area contributed by atoms with Gasteiger partial charge in [-0.05, 0) is 43.7 Å². The van der Waals surface area contributed by atoms with Crippen molar-refractivity contribution >= 4 is 12.1 Å². The van der Waals surface area contributed by atoms with E-state index in [-0.39, 0.29) is 5.91 Å². The molecular weight excluding hydrogens is 284 g/mol. The molecule has 7 heteroatoms. The Morgan fingerprint density at radius 2 is 2.23 bits per heavy atom. The standard InChI is InChI=1S/C15H18N4O3/c1-4-22-13-6-5-11(8-14(13)21-3)9-16-19-15(20)12-7-10(2)17-18-12/h5-9H,4H2,1-3H3,(H,17,18)(H,19,20). The van der Waals surface area contributed by atoms with Crippen LogP contribution in [0.1, 0.15) is 28.7 Å². The number of hydrogen-bond acceptors (Lipinski definition) is 5. The molecule has 7 nitrogen and oxygen atoms in total. The van der Waals surface area contributed by atoms with Gasteiger partial charge in [0.05, 0.1) is 19.9 Å². The Morgan fingerprint density at radius 3 is 2.86 bits per heavy atom. The van der Waals surface area contributed by atoms with Crippen LogP contribution < -0.4 is 14.9 Å². The number of benzene rings is 1. The zero-order valence-electron chi connectivity index (χ0n) is 12.7. The first kappa shape index (κ1) is 15.6. The highest BCUT2D eigenvalue weighted by Crippen LogP contribution is 2.27. The second-order valence-corrected chi connectivity index (χ2v) is 4.48. The van der Waals surface area contributed by atoms with Crippen LogP contribution in [0.2, 0.25) is 0 Å². The number of nitrogens with one attached hydrogen (secondary N) is 2. The number of carbonyl (C=O) groups excluding carboxylic acids is 1. The van der Waals surface area contributed by atoms with Gasteiger partial charge < -0.3 is 9.47 Å². The molecule has 1 aromatic carbocycles. The molecule has 1 heterocycles. The van der Waals surface area contributed by atoms with Gasteiger partial charge in [-0.3, -0.25) is 9.89 Å². The Bertz CT molecular complexity index is 679. The van der Waals surface area contributed by atoms with E-state index in [1.807, 2.05) is 19.9 Å². The topological polar surface area (TPSA) is 88.6 Å². The van der Waals surface area contributed by atoms with Crippen LogP contribution in [-0.4, -0.2) is 36.0 Å². The van der Waals surface area contributed by atoms with Crippen LogP contribution in [-0.2, 0) is 0 Å². The molecule has 0 spiro atoms. The molecule has 0 aliphatic carbocycles. The third kappa shape index (κ3) is 3.85. The van der Waals surface area contributed by atoms with Crippen LogP contribution in [0.4, 0.5) is 0 Å². The van der Waals surface area contributed by atoms with Crippen molar-refractivity contribution in [2.24, 2.45) is 5.10 Å². The molecule has 0 aliphatic heterocycles. The Hall–Kier alpha value is -2.83. The summed E-state index contributed by atoms with van der Waals surface area (Å²) in [4.78, 5) is 11.8. The van der Waals surface area contributed by atoms with Crippen LogP contribution in [0.3, 0.4) is 0 Å². The Morgan fingerprint density at radius 1 is 1.41 bits per heavy atom. The van der Waals surface area contributed by atoms with Gasteiger partial charge in [-0.2, -0.15) is 10.2 Å². The van der Waals surface area contributed by atoms with Crippen LogP contribution in [0.15, 0.2) is 29.4 Å². The number of rotatable bonds is 6. The number of methoxy groups -OCH3 is 1. The first-order valence-electron chi connectivity index (χ1n) is 6.80. The molecule has 1 aromatic heterocycles. The second-order valence-electron chi connectivity index (χ2n) is 4.48. The monoisotopic (exact) mass is 302 g/mol. The lowest BCUT2D eigenvalue weighted by atomic mass is 10.2.